The van der Waals surface area contributed by atoms with Crippen molar-refractivity contribution in [3.05, 3.63) is 17.3 Å². The average molecular weight is 296 g/mol. The van der Waals surface area contributed by atoms with Crippen molar-refractivity contribution in [2.24, 2.45) is 0 Å². The number of thiazole rings is 1. The Bertz CT molecular complexity index is 588. The van der Waals surface area contributed by atoms with Gasteiger partial charge in [-0.3, -0.25) is 9.20 Å². The number of hydrogen-bond donors (Lipinski definition) is 1. The van der Waals surface area contributed by atoms with Crippen molar-refractivity contribution in [2.45, 2.75) is 20.5 Å². The number of likely N-dealkylation sites (N-methyl/N-ethyl adjacent to an activating group) is 2. The van der Waals surface area contributed by atoms with Crippen LogP contribution in [0.25, 0.3) is 4.96 Å². The molecule has 1 N–H and O–H groups in total. The van der Waals surface area contributed by atoms with Gasteiger partial charge in [-0.15, -0.1) is 11.3 Å². The van der Waals surface area contributed by atoms with Crippen LogP contribution >= 0.6 is 11.3 Å². The van der Waals surface area contributed by atoms with Crippen molar-refractivity contribution in [3.63, 3.8) is 0 Å². The molecule has 0 aliphatic carbocycles. The molecule has 2 aromatic heterocycles. The van der Waals surface area contributed by atoms with Gasteiger partial charge in [0.2, 0.25) is 5.91 Å². The summed E-state index contributed by atoms with van der Waals surface area (Å²) in [6.07, 6.45) is 1.88. The lowest BCUT2D eigenvalue weighted by Crippen LogP contribution is -2.39. The standard InChI is InChI=1S/C13H20N4O2S/c1-4-16(5-2)11(19)8-15(3)12-10(9-18)17-6-7-20-13(17)14-12/h6-7,18H,4-5,8-9H2,1-3H3. The number of aliphatic hydroxyl groups excluding tert-OH is 1. The summed E-state index contributed by atoms with van der Waals surface area (Å²) in [5.41, 5.74) is 0.719. The minimum absolute atomic E-state index is 0.0674. The van der Waals surface area contributed by atoms with Gasteiger partial charge in [0.15, 0.2) is 10.8 Å². The fourth-order valence-electron chi connectivity index (χ4n) is 2.23. The lowest BCUT2D eigenvalue weighted by atomic mass is 10.3. The zero-order chi connectivity index (χ0) is 14.7. The highest BCUT2D eigenvalue weighted by molar-refractivity contribution is 7.15. The second-order valence-electron chi connectivity index (χ2n) is 4.52. The quantitative estimate of drug-likeness (QED) is 0.870. The molecule has 0 atom stereocenters. The molecule has 20 heavy (non-hydrogen) atoms. The van der Waals surface area contributed by atoms with Gasteiger partial charge in [-0.25, -0.2) is 4.98 Å². The second-order valence-corrected chi connectivity index (χ2v) is 5.39. The molecular weight excluding hydrogens is 276 g/mol. The van der Waals surface area contributed by atoms with Crippen LogP contribution in [-0.2, 0) is 11.4 Å². The predicted octanol–water partition coefficient (Wildman–Crippen LogP) is 1.19. The Morgan fingerprint density at radius 3 is 2.75 bits per heavy atom. The lowest BCUT2D eigenvalue weighted by molar-refractivity contribution is -0.129. The minimum Gasteiger partial charge on any atom is -0.390 e. The van der Waals surface area contributed by atoms with Gasteiger partial charge in [-0.2, -0.15) is 0 Å². The summed E-state index contributed by atoms with van der Waals surface area (Å²) in [5, 5.41) is 11.5. The fourth-order valence-corrected chi connectivity index (χ4v) is 2.96. The summed E-state index contributed by atoms with van der Waals surface area (Å²) >= 11 is 1.51. The molecule has 2 aromatic rings. The number of imidazole rings is 1. The first-order chi connectivity index (χ1) is 9.62. The van der Waals surface area contributed by atoms with Crippen LogP contribution in [-0.4, -0.2) is 52.0 Å². The summed E-state index contributed by atoms with van der Waals surface area (Å²) in [5.74, 6) is 0.734. The monoisotopic (exact) mass is 296 g/mol. The van der Waals surface area contributed by atoms with Crippen LogP contribution in [0.4, 0.5) is 5.82 Å². The molecule has 6 nitrogen and oxygen atoms in total. The molecule has 0 aliphatic heterocycles. The summed E-state index contributed by atoms with van der Waals surface area (Å²) in [6, 6.07) is 0. The molecule has 0 bridgehead atoms. The number of aromatic nitrogens is 2. The predicted molar refractivity (Wildman–Crippen MR) is 80.2 cm³/mol. The first-order valence-electron chi connectivity index (χ1n) is 6.66. The van der Waals surface area contributed by atoms with Gasteiger partial charge in [-0.05, 0) is 13.8 Å². The van der Waals surface area contributed by atoms with Crippen LogP contribution in [0, 0.1) is 0 Å². The van der Waals surface area contributed by atoms with Crippen LogP contribution in [0.5, 0.6) is 0 Å². The van der Waals surface area contributed by atoms with E-state index in [0.717, 1.165) is 10.7 Å². The van der Waals surface area contributed by atoms with E-state index in [-0.39, 0.29) is 19.1 Å². The number of nitrogens with zero attached hydrogens (tertiary/aromatic N) is 4. The highest BCUT2D eigenvalue weighted by Crippen LogP contribution is 2.23. The van der Waals surface area contributed by atoms with Gasteiger partial charge in [0.05, 0.1) is 18.8 Å². The number of anilines is 1. The summed E-state index contributed by atoms with van der Waals surface area (Å²) < 4.78 is 1.86. The Kier molecular flexibility index (Phi) is 4.61. The first-order valence-corrected chi connectivity index (χ1v) is 7.54. The molecule has 2 rings (SSSR count). The first kappa shape index (κ1) is 14.8. The fraction of sp³-hybridized carbons (Fsp3) is 0.538. The van der Waals surface area contributed by atoms with Crippen molar-refractivity contribution < 1.29 is 9.90 Å². The van der Waals surface area contributed by atoms with E-state index in [1.165, 1.54) is 11.3 Å². The maximum absolute atomic E-state index is 12.1. The van der Waals surface area contributed by atoms with Gasteiger partial charge in [0.1, 0.15) is 0 Å². The highest BCUT2D eigenvalue weighted by atomic mass is 32.1. The SMILES string of the molecule is CCN(CC)C(=O)CN(C)c1nc2sccn2c1CO. The van der Waals surface area contributed by atoms with Crippen LogP contribution in [0.2, 0.25) is 0 Å². The number of hydrogen-bond acceptors (Lipinski definition) is 5. The number of carbonyl (C=O) groups is 1. The third kappa shape index (κ3) is 2.64. The summed E-state index contributed by atoms with van der Waals surface area (Å²) in [7, 11) is 1.83. The molecule has 0 fully saturated rings. The highest BCUT2D eigenvalue weighted by Gasteiger charge is 2.19. The zero-order valence-corrected chi connectivity index (χ0v) is 12.9. The van der Waals surface area contributed by atoms with Gasteiger partial charge >= 0.3 is 0 Å². The molecule has 2 heterocycles. The average Bonchev–Trinajstić information content (AvgIpc) is 2.99. The van der Waals surface area contributed by atoms with Crippen LogP contribution in [0.1, 0.15) is 19.5 Å². The van der Waals surface area contributed by atoms with Gasteiger partial charge in [0.25, 0.3) is 0 Å². The summed E-state index contributed by atoms with van der Waals surface area (Å²) in [6.45, 7) is 5.50. The number of amides is 1. The van der Waals surface area contributed by atoms with Crippen molar-refractivity contribution in [1.29, 1.82) is 0 Å². The molecule has 0 unspecified atom stereocenters. The van der Waals surface area contributed by atoms with E-state index in [9.17, 15) is 9.90 Å². The van der Waals surface area contributed by atoms with Crippen molar-refractivity contribution in [3.8, 4) is 0 Å². The molecule has 0 aromatic carbocycles. The van der Waals surface area contributed by atoms with E-state index in [1.807, 2.05) is 36.9 Å². The van der Waals surface area contributed by atoms with Gasteiger partial charge < -0.3 is 14.9 Å². The Labute approximate surface area is 122 Å². The lowest BCUT2D eigenvalue weighted by Gasteiger charge is -2.23. The topological polar surface area (TPSA) is 61.1 Å². The normalized spacial score (nSPS) is 11.0. The van der Waals surface area contributed by atoms with Crippen LogP contribution in [0.15, 0.2) is 11.6 Å². The molecule has 0 saturated carbocycles. The van der Waals surface area contributed by atoms with Crippen molar-refractivity contribution in [2.75, 3.05) is 31.6 Å². The molecular formula is C13H20N4O2S. The number of aliphatic hydroxyl groups is 1. The molecule has 0 spiro atoms. The maximum Gasteiger partial charge on any atom is 0.242 e. The second kappa shape index (κ2) is 6.23. The molecule has 0 saturated heterocycles. The smallest absolute Gasteiger partial charge is 0.242 e. The Morgan fingerprint density at radius 1 is 1.45 bits per heavy atom. The molecule has 7 heteroatoms. The largest absolute Gasteiger partial charge is 0.390 e. The third-order valence-corrected chi connectivity index (χ3v) is 4.10. The van der Waals surface area contributed by atoms with E-state index in [4.69, 9.17) is 0 Å². The summed E-state index contributed by atoms with van der Waals surface area (Å²) in [4.78, 5) is 21.0. The van der Waals surface area contributed by atoms with E-state index < -0.39 is 0 Å². The molecule has 0 radical (unpaired) electrons. The van der Waals surface area contributed by atoms with E-state index in [2.05, 4.69) is 4.98 Å². The third-order valence-electron chi connectivity index (χ3n) is 3.34. The van der Waals surface area contributed by atoms with E-state index in [1.54, 1.807) is 9.80 Å². The Hall–Kier alpha value is -1.60. The van der Waals surface area contributed by atoms with Crippen molar-refractivity contribution >= 4 is 28.0 Å². The maximum atomic E-state index is 12.1. The Morgan fingerprint density at radius 2 is 2.15 bits per heavy atom. The van der Waals surface area contributed by atoms with E-state index in [0.29, 0.717) is 18.9 Å². The number of carbonyl (C=O) groups excluding carboxylic acids is 1. The zero-order valence-electron chi connectivity index (χ0n) is 12.0. The minimum atomic E-state index is -0.100. The molecule has 110 valence electrons. The van der Waals surface area contributed by atoms with Crippen molar-refractivity contribution in [1.82, 2.24) is 14.3 Å². The van der Waals surface area contributed by atoms with E-state index >= 15 is 0 Å². The van der Waals surface area contributed by atoms with Crippen LogP contribution < -0.4 is 4.90 Å². The number of rotatable bonds is 6. The van der Waals surface area contributed by atoms with Gasteiger partial charge in [-0.1, -0.05) is 0 Å². The van der Waals surface area contributed by atoms with Crippen LogP contribution in [0.3, 0.4) is 0 Å². The van der Waals surface area contributed by atoms with Gasteiger partial charge in [0, 0.05) is 31.7 Å². The number of fused-ring (bicyclic) bond motifs is 1. The Balaban J connectivity index is 2.20. The molecule has 1 amide bonds. The molecule has 0 aliphatic rings.